The van der Waals surface area contributed by atoms with Crippen LogP contribution in [0.25, 0.3) is 11.4 Å². The van der Waals surface area contributed by atoms with Gasteiger partial charge in [0.15, 0.2) is 5.82 Å². The minimum atomic E-state index is 0.519. The SMILES string of the molecule is CCCN(CCC)c1cc(N)nc(-c2ccccc2)n1. The molecule has 0 aliphatic rings. The summed E-state index contributed by atoms with van der Waals surface area (Å²) in [4.78, 5) is 11.3. The number of hydrogen-bond donors (Lipinski definition) is 1. The van der Waals surface area contributed by atoms with Gasteiger partial charge in [0.1, 0.15) is 11.6 Å². The van der Waals surface area contributed by atoms with Crippen molar-refractivity contribution in [2.75, 3.05) is 23.7 Å². The quantitative estimate of drug-likeness (QED) is 0.874. The molecule has 0 saturated carbocycles. The molecular formula is C16H22N4. The number of rotatable bonds is 6. The molecule has 4 heteroatoms. The van der Waals surface area contributed by atoms with Crippen molar-refractivity contribution in [2.24, 2.45) is 0 Å². The molecule has 20 heavy (non-hydrogen) atoms. The summed E-state index contributed by atoms with van der Waals surface area (Å²) in [5.41, 5.74) is 6.94. The molecular weight excluding hydrogens is 248 g/mol. The molecule has 0 spiro atoms. The Balaban J connectivity index is 2.37. The third-order valence-electron chi connectivity index (χ3n) is 3.08. The van der Waals surface area contributed by atoms with E-state index in [1.807, 2.05) is 36.4 Å². The van der Waals surface area contributed by atoms with Gasteiger partial charge in [-0.1, -0.05) is 44.2 Å². The Morgan fingerprint density at radius 2 is 1.65 bits per heavy atom. The summed E-state index contributed by atoms with van der Waals surface area (Å²) in [5.74, 6) is 2.13. The van der Waals surface area contributed by atoms with Crippen LogP contribution in [0.5, 0.6) is 0 Å². The fraction of sp³-hybridized carbons (Fsp3) is 0.375. The molecule has 0 atom stereocenters. The Morgan fingerprint density at radius 3 is 2.25 bits per heavy atom. The van der Waals surface area contributed by atoms with E-state index in [-0.39, 0.29) is 0 Å². The third-order valence-corrected chi connectivity index (χ3v) is 3.08. The second-order valence-corrected chi connectivity index (χ2v) is 4.83. The minimum Gasteiger partial charge on any atom is -0.384 e. The van der Waals surface area contributed by atoms with E-state index >= 15 is 0 Å². The molecule has 4 nitrogen and oxygen atoms in total. The van der Waals surface area contributed by atoms with Crippen molar-refractivity contribution in [3.63, 3.8) is 0 Å². The minimum absolute atomic E-state index is 0.519. The van der Waals surface area contributed by atoms with Gasteiger partial charge in [-0.2, -0.15) is 0 Å². The molecule has 2 aromatic rings. The lowest BCUT2D eigenvalue weighted by atomic mass is 10.2. The van der Waals surface area contributed by atoms with E-state index in [0.717, 1.165) is 37.3 Å². The van der Waals surface area contributed by atoms with E-state index in [9.17, 15) is 0 Å². The van der Waals surface area contributed by atoms with Crippen LogP contribution in [0.4, 0.5) is 11.6 Å². The molecule has 0 saturated heterocycles. The van der Waals surface area contributed by atoms with E-state index in [0.29, 0.717) is 11.6 Å². The van der Waals surface area contributed by atoms with Crippen LogP contribution in [-0.2, 0) is 0 Å². The Bertz CT molecular complexity index is 533. The van der Waals surface area contributed by atoms with Gasteiger partial charge in [0.2, 0.25) is 0 Å². The largest absolute Gasteiger partial charge is 0.384 e. The highest BCUT2D eigenvalue weighted by Gasteiger charge is 2.10. The fourth-order valence-electron chi connectivity index (χ4n) is 2.21. The third kappa shape index (κ3) is 3.47. The molecule has 0 aliphatic heterocycles. The first-order chi connectivity index (χ1) is 9.74. The van der Waals surface area contributed by atoms with Crippen LogP contribution >= 0.6 is 0 Å². The van der Waals surface area contributed by atoms with Gasteiger partial charge >= 0.3 is 0 Å². The highest BCUT2D eigenvalue weighted by atomic mass is 15.2. The van der Waals surface area contributed by atoms with Crippen molar-refractivity contribution in [1.82, 2.24) is 9.97 Å². The standard InChI is InChI=1S/C16H22N4/c1-3-10-20(11-4-2)15-12-14(17)18-16(19-15)13-8-6-5-7-9-13/h5-9,12H,3-4,10-11H2,1-2H3,(H2,17,18,19). The van der Waals surface area contributed by atoms with Crippen LogP contribution < -0.4 is 10.6 Å². The number of nitrogens with two attached hydrogens (primary N) is 1. The molecule has 0 fully saturated rings. The number of benzene rings is 1. The lowest BCUT2D eigenvalue weighted by molar-refractivity contribution is 0.733. The predicted molar refractivity (Wildman–Crippen MR) is 84.7 cm³/mol. The van der Waals surface area contributed by atoms with E-state index in [1.165, 1.54) is 0 Å². The normalized spacial score (nSPS) is 10.5. The Kier molecular flexibility index (Phi) is 4.93. The monoisotopic (exact) mass is 270 g/mol. The summed E-state index contributed by atoms with van der Waals surface area (Å²) in [5, 5.41) is 0. The molecule has 0 unspecified atom stereocenters. The molecule has 0 radical (unpaired) electrons. The Hall–Kier alpha value is -2.10. The zero-order valence-corrected chi connectivity index (χ0v) is 12.2. The van der Waals surface area contributed by atoms with Gasteiger partial charge in [0, 0.05) is 24.7 Å². The van der Waals surface area contributed by atoms with Gasteiger partial charge in [0.25, 0.3) is 0 Å². The summed E-state index contributed by atoms with van der Waals surface area (Å²) < 4.78 is 0. The van der Waals surface area contributed by atoms with Crippen LogP contribution in [0.1, 0.15) is 26.7 Å². The first-order valence-corrected chi connectivity index (χ1v) is 7.19. The number of anilines is 2. The smallest absolute Gasteiger partial charge is 0.163 e. The van der Waals surface area contributed by atoms with E-state index in [4.69, 9.17) is 5.73 Å². The van der Waals surface area contributed by atoms with Gasteiger partial charge in [-0.25, -0.2) is 9.97 Å². The molecule has 0 aliphatic carbocycles. The van der Waals surface area contributed by atoms with Gasteiger partial charge in [-0.3, -0.25) is 0 Å². The maximum absolute atomic E-state index is 5.95. The highest BCUT2D eigenvalue weighted by Crippen LogP contribution is 2.21. The Morgan fingerprint density at radius 1 is 1.00 bits per heavy atom. The lowest BCUT2D eigenvalue weighted by Gasteiger charge is -2.23. The van der Waals surface area contributed by atoms with Gasteiger partial charge in [-0.15, -0.1) is 0 Å². The maximum atomic E-state index is 5.95. The van der Waals surface area contributed by atoms with Crippen LogP contribution in [0.2, 0.25) is 0 Å². The highest BCUT2D eigenvalue weighted by molar-refractivity contribution is 5.60. The van der Waals surface area contributed by atoms with Crippen molar-refractivity contribution in [3.05, 3.63) is 36.4 Å². The number of hydrogen-bond acceptors (Lipinski definition) is 4. The predicted octanol–water partition coefficient (Wildman–Crippen LogP) is 3.35. The molecule has 1 aromatic carbocycles. The maximum Gasteiger partial charge on any atom is 0.163 e. The zero-order chi connectivity index (χ0) is 14.4. The average Bonchev–Trinajstić information content (AvgIpc) is 2.47. The molecule has 2 rings (SSSR count). The number of aromatic nitrogens is 2. The van der Waals surface area contributed by atoms with Crippen molar-refractivity contribution in [3.8, 4) is 11.4 Å². The molecule has 1 aromatic heterocycles. The molecule has 0 bridgehead atoms. The van der Waals surface area contributed by atoms with Crippen molar-refractivity contribution >= 4 is 11.6 Å². The van der Waals surface area contributed by atoms with Gasteiger partial charge in [-0.05, 0) is 12.8 Å². The second kappa shape index (κ2) is 6.89. The summed E-state index contributed by atoms with van der Waals surface area (Å²) in [7, 11) is 0. The van der Waals surface area contributed by atoms with E-state index in [1.54, 1.807) is 0 Å². The summed E-state index contributed by atoms with van der Waals surface area (Å²) >= 11 is 0. The van der Waals surface area contributed by atoms with Crippen molar-refractivity contribution in [1.29, 1.82) is 0 Å². The topological polar surface area (TPSA) is 55.0 Å². The van der Waals surface area contributed by atoms with Crippen LogP contribution in [0.15, 0.2) is 36.4 Å². The average molecular weight is 270 g/mol. The molecule has 0 amide bonds. The molecule has 106 valence electrons. The number of nitrogens with zero attached hydrogens (tertiary/aromatic N) is 3. The first kappa shape index (κ1) is 14.3. The Labute approximate surface area is 120 Å². The lowest BCUT2D eigenvalue weighted by Crippen LogP contribution is -2.26. The summed E-state index contributed by atoms with van der Waals surface area (Å²) in [6, 6.07) is 11.8. The van der Waals surface area contributed by atoms with Crippen molar-refractivity contribution < 1.29 is 0 Å². The van der Waals surface area contributed by atoms with Gasteiger partial charge < -0.3 is 10.6 Å². The molecule has 1 heterocycles. The second-order valence-electron chi connectivity index (χ2n) is 4.83. The van der Waals surface area contributed by atoms with Crippen molar-refractivity contribution in [2.45, 2.75) is 26.7 Å². The van der Waals surface area contributed by atoms with Crippen LogP contribution in [-0.4, -0.2) is 23.1 Å². The number of nitrogen functional groups attached to an aromatic ring is 1. The summed E-state index contributed by atoms with van der Waals surface area (Å²) in [6.07, 6.45) is 2.18. The molecule has 2 N–H and O–H groups in total. The van der Waals surface area contributed by atoms with Crippen LogP contribution in [0.3, 0.4) is 0 Å². The van der Waals surface area contributed by atoms with Gasteiger partial charge in [0.05, 0.1) is 0 Å². The van der Waals surface area contributed by atoms with Crippen LogP contribution in [0, 0.1) is 0 Å². The zero-order valence-electron chi connectivity index (χ0n) is 12.2. The summed E-state index contributed by atoms with van der Waals surface area (Å²) in [6.45, 7) is 6.31. The first-order valence-electron chi connectivity index (χ1n) is 7.19. The van der Waals surface area contributed by atoms with E-state index in [2.05, 4.69) is 28.7 Å². The fourth-order valence-corrected chi connectivity index (χ4v) is 2.21. The van der Waals surface area contributed by atoms with E-state index < -0.39 is 0 Å².